The normalized spacial score (nSPS) is 17.2. The molecule has 2 heterocycles. The van der Waals surface area contributed by atoms with Gasteiger partial charge in [0.1, 0.15) is 17.2 Å². The Balaban J connectivity index is 1.40. The number of carbonyl (C=O) groups excluding carboxylic acids is 3. The van der Waals surface area contributed by atoms with Crippen LogP contribution in [0.15, 0.2) is 90.1 Å². The molecule has 44 heavy (non-hydrogen) atoms. The number of ether oxygens (including phenoxy) is 3. The van der Waals surface area contributed by atoms with Gasteiger partial charge in [-0.25, -0.2) is 9.59 Å². The molecule has 0 saturated carbocycles. The molecule has 5 rings (SSSR count). The summed E-state index contributed by atoms with van der Waals surface area (Å²) in [6.07, 6.45) is 0. The average Bonchev–Trinajstić information content (AvgIpc) is 3.05. The molecule has 0 aliphatic carbocycles. The van der Waals surface area contributed by atoms with Crippen LogP contribution in [0.1, 0.15) is 35.8 Å². The van der Waals surface area contributed by atoms with Crippen LogP contribution in [0.4, 0.5) is 4.79 Å². The molecule has 2 aliphatic heterocycles. The summed E-state index contributed by atoms with van der Waals surface area (Å²) < 4.78 is 16.9. The summed E-state index contributed by atoms with van der Waals surface area (Å²) >= 11 is 0. The Kier molecular flexibility index (Phi) is 9.81. The number of hydrogen-bond acceptors (Lipinski definition) is 7. The number of piperazine rings is 1. The van der Waals surface area contributed by atoms with Crippen LogP contribution in [0.5, 0.6) is 17.2 Å². The van der Waals surface area contributed by atoms with Crippen molar-refractivity contribution in [2.75, 3.05) is 53.0 Å². The summed E-state index contributed by atoms with van der Waals surface area (Å²) in [4.78, 5) is 45.7. The number of nitrogens with one attached hydrogen (secondary N) is 1. The molecule has 1 unspecified atom stereocenters. The minimum absolute atomic E-state index is 0.0557. The monoisotopic (exact) mass is 598 g/mol. The number of amides is 3. The quantitative estimate of drug-likeness (QED) is 0.333. The van der Waals surface area contributed by atoms with E-state index >= 15 is 0 Å². The Bertz CT molecular complexity index is 1520. The highest BCUT2D eigenvalue weighted by atomic mass is 16.5. The van der Waals surface area contributed by atoms with E-state index in [-0.39, 0.29) is 18.5 Å². The third kappa shape index (κ3) is 6.86. The predicted molar refractivity (Wildman–Crippen MR) is 166 cm³/mol. The van der Waals surface area contributed by atoms with E-state index < -0.39 is 12.0 Å². The van der Waals surface area contributed by atoms with E-state index in [9.17, 15) is 14.4 Å². The van der Waals surface area contributed by atoms with Crippen molar-refractivity contribution in [3.05, 3.63) is 101 Å². The van der Waals surface area contributed by atoms with Gasteiger partial charge in [-0.2, -0.15) is 0 Å². The lowest BCUT2D eigenvalue weighted by molar-refractivity contribution is -0.139. The Morgan fingerprint density at radius 2 is 1.57 bits per heavy atom. The van der Waals surface area contributed by atoms with Crippen molar-refractivity contribution in [3.63, 3.8) is 0 Å². The molecule has 1 N–H and O–H groups in total. The van der Waals surface area contributed by atoms with Crippen LogP contribution >= 0.6 is 0 Å². The fraction of sp³-hybridized carbons (Fsp3) is 0.324. The fourth-order valence-electron chi connectivity index (χ4n) is 5.55. The van der Waals surface area contributed by atoms with Crippen molar-refractivity contribution in [2.24, 2.45) is 0 Å². The molecular weight excluding hydrogens is 560 g/mol. The van der Waals surface area contributed by atoms with Crippen molar-refractivity contribution in [2.45, 2.75) is 19.9 Å². The number of esters is 1. The lowest BCUT2D eigenvalue weighted by Gasteiger charge is -2.40. The van der Waals surface area contributed by atoms with Gasteiger partial charge in [0.25, 0.3) is 5.91 Å². The van der Waals surface area contributed by atoms with Crippen LogP contribution in [0.2, 0.25) is 0 Å². The molecule has 0 aromatic heterocycles. The Hall–Kier alpha value is -4.83. The molecule has 10 nitrogen and oxygen atoms in total. The molecule has 1 fully saturated rings. The topological polar surface area (TPSA) is 101 Å². The average molecular weight is 599 g/mol. The minimum Gasteiger partial charge on any atom is -0.497 e. The van der Waals surface area contributed by atoms with Gasteiger partial charge in [0.05, 0.1) is 25.3 Å². The van der Waals surface area contributed by atoms with Crippen LogP contribution < -0.4 is 14.8 Å². The summed E-state index contributed by atoms with van der Waals surface area (Å²) in [5.41, 5.74) is 2.27. The van der Waals surface area contributed by atoms with Gasteiger partial charge in [-0.3, -0.25) is 14.6 Å². The molecule has 10 heteroatoms. The first-order valence-electron chi connectivity index (χ1n) is 14.9. The van der Waals surface area contributed by atoms with Crippen LogP contribution in [-0.2, 0) is 9.53 Å². The molecule has 0 radical (unpaired) electrons. The van der Waals surface area contributed by atoms with Crippen molar-refractivity contribution >= 4 is 17.9 Å². The summed E-state index contributed by atoms with van der Waals surface area (Å²) in [7, 11) is 1.58. The zero-order valence-electron chi connectivity index (χ0n) is 25.3. The van der Waals surface area contributed by atoms with Crippen LogP contribution in [0, 0.1) is 0 Å². The zero-order valence-corrected chi connectivity index (χ0v) is 25.3. The molecule has 3 aromatic rings. The Labute approximate surface area is 257 Å². The van der Waals surface area contributed by atoms with E-state index in [1.54, 1.807) is 37.1 Å². The molecule has 0 bridgehead atoms. The lowest BCUT2D eigenvalue weighted by Crippen LogP contribution is -2.53. The number of benzene rings is 3. The molecule has 3 aromatic carbocycles. The number of para-hydroxylation sites is 1. The maximum absolute atomic E-state index is 13.6. The summed E-state index contributed by atoms with van der Waals surface area (Å²) in [5.74, 6) is 1.37. The molecule has 1 atom stereocenters. The standard InChI is InChI=1S/C34H38N4O6/c1-4-38-29(23-36-17-19-37(20-18-36)32(39)25-12-10-15-27(22-25)42-3)30(33(40)43-5-2)31(35-34(38)41)24-11-9-16-28(21-24)44-26-13-7-6-8-14-26/h6-16,21-22,31H,4-5,17-20,23H2,1-3H3,(H,35,41). The zero-order chi connectivity index (χ0) is 31.1. The molecular formula is C34H38N4O6. The number of urea groups is 1. The first-order chi connectivity index (χ1) is 21.4. The van der Waals surface area contributed by atoms with E-state index in [0.717, 1.165) is 0 Å². The van der Waals surface area contributed by atoms with Gasteiger partial charge in [-0.15, -0.1) is 0 Å². The van der Waals surface area contributed by atoms with Crippen molar-refractivity contribution in [1.82, 2.24) is 20.0 Å². The number of hydrogen-bond donors (Lipinski definition) is 1. The van der Waals surface area contributed by atoms with Crippen molar-refractivity contribution in [1.29, 1.82) is 0 Å². The summed E-state index contributed by atoms with van der Waals surface area (Å²) in [6, 6.07) is 22.9. The Morgan fingerprint density at radius 1 is 0.864 bits per heavy atom. The summed E-state index contributed by atoms with van der Waals surface area (Å²) in [6.45, 7) is 6.76. The van der Waals surface area contributed by atoms with Gasteiger partial charge in [0, 0.05) is 50.5 Å². The van der Waals surface area contributed by atoms with E-state index in [2.05, 4.69) is 10.2 Å². The second-order valence-electron chi connectivity index (χ2n) is 10.5. The van der Waals surface area contributed by atoms with E-state index in [4.69, 9.17) is 14.2 Å². The second kappa shape index (κ2) is 14.1. The highest BCUT2D eigenvalue weighted by molar-refractivity contribution is 5.96. The van der Waals surface area contributed by atoms with Crippen LogP contribution in [0.25, 0.3) is 0 Å². The predicted octanol–water partition coefficient (Wildman–Crippen LogP) is 4.85. The van der Waals surface area contributed by atoms with Gasteiger partial charge in [0.2, 0.25) is 0 Å². The Morgan fingerprint density at radius 3 is 2.27 bits per heavy atom. The molecule has 1 saturated heterocycles. The molecule has 2 aliphatic rings. The van der Waals surface area contributed by atoms with Crippen LogP contribution in [-0.4, -0.2) is 85.6 Å². The van der Waals surface area contributed by atoms with Gasteiger partial charge in [-0.1, -0.05) is 36.4 Å². The maximum atomic E-state index is 13.6. The van der Waals surface area contributed by atoms with E-state index in [1.807, 2.05) is 72.5 Å². The number of rotatable bonds is 10. The molecule has 3 amide bonds. The number of methoxy groups -OCH3 is 1. The first kappa shape index (κ1) is 30.6. The van der Waals surface area contributed by atoms with Gasteiger partial charge < -0.3 is 24.4 Å². The maximum Gasteiger partial charge on any atom is 0.338 e. The highest BCUT2D eigenvalue weighted by Gasteiger charge is 2.39. The first-order valence-corrected chi connectivity index (χ1v) is 14.9. The smallest absolute Gasteiger partial charge is 0.338 e. The SMILES string of the molecule is CCOC(=O)C1=C(CN2CCN(C(=O)c3cccc(OC)c3)CC2)N(CC)C(=O)NC1c1cccc(Oc2ccccc2)c1. The minimum atomic E-state index is -0.727. The highest BCUT2D eigenvalue weighted by Crippen LogP contribution is 2.34. The molecule has 0 spiro atoms. The van der Waals surface area contributed by atoms with E-state index in [0.29, 0.717) is 78.9 Å². The van der Waals surface area contributed by atoms with Crippen molar-refractivity contribution in [3.8, 4) is 17.2 Å². The van der Waals surface area contributed by atoms with Gasteiger partial charge >= 0.3 is 12.0 Å². The van der Waals surface area contributed by atoms with Crippen molar-refractivity contribution < 1.29 is 28.6 Å². The van der Waals surface area contributed by atoms with Gasteiger partial charge in [0.15, 0.2) is 0 Å². The van der Waals surface area contributed by atoms with Crippen LogP contribution in [0.3, 0.4) is 0 Å². The van der Waals surface area contributed by atoms with E-state index in [1.165, 1.54) is 0 Å². The third-order valence-corrected chi connectivity index (χ3v) is 7.77. The fourth-order valence-corrected chi connectivity index (χ4v) is 5.55. The number of nitrogens with zero attached hydrogens (tertiary/aromatic N) is 3. The third-order valence-electron chi connectivity index (χ3n) is 7.77. The van der Waals surface area contributed by atoms with Gasteiger partial charge in [-0.05, 0) is 61.9 Å². The summed E-state index contributed by atoms with van der Waals surface area (Å²) in [5, 5.41) is 3.02. The second-order valence-corrected chi connectivity index (χ2v) is 10.5. The lowest BCUT2D eigenvalue weighted by atomic mass is 9.94. The largest absolute Gasteiger partial charge is 0.497 e. The number of carbonyl (C=O) groups is 3. The molecule has 230 valence electrons. The number of likely N-dealkylation sites (N-methyl/N-ethyl adjacent to an activating group) is 1.